The molecular weight excluding hydrogens is 475 g/mol. The Kier molecular flexibility index (Phi) is 7.70. The third kappa shape index (κ3) is 5.91. The fourth-order valence-corrected chi connectivity index (χ4v) is 3.35. The first kappa shape index (κ1) is 23.8. The highest BCUT2D eigenvalue weighted by Crippen LogP contribution is 2.40. The van der Waals surface area contributed by atoms with E-state index in [0.717, 1.165) is 0 Å². The monoisotopic (exact) mass is 490 g/mol. The first-order chi connectivity index (χ1) is 15.8. The van der Waals surface area contributed by atoms with E-state index in [-0.39, 0.29) is 33.8 Å². The Morgan fingerprint density at radius 2 is 1.70 bits per heavy atom. The van der Waals surface area contributed by atoms with Crippen LogP contribution >= 0.6 is 23.2 Å². The Balaban J connectivity index is 1.78. The zero-order valence-corrected chi connectivity index (χ0v) is 18.5. The minimum absolute atomic E-state index is 0.00139. The highest BCUT2D eigenvalue weighted by molar-refractivity contribution is 6.42. The molecule has 9 nitrogen and oxygen atoms in total. The van der Waals surface area contributed by atoms with E-state index in [1.165, 1.54) is 43.5 Å². The molecule has 0 radical (unpaired) electrons. The van der Waals surface area contributed by atoms with Crippen molar-refractivity contribution < 1.29 is 29.1 Å². The van der Waals surface area contributed by atoms with Gasteiger partial charge in [-0.1, -0.05) is 52.6 Å². The maximum atomic E-state index is 11.5. The summed E-state index contributed by atoms with van der Waals surface area (Å²) in [5, 5.41) is 24.0. The molecule has 170 valence electrons. The number of nitro benzene ring substituents is 1. The molecular formula is C22H16Cl2N2O7. The van der Waals surface area contributed by atoms with Crippen LogP contribution in [0.5, 0.6) is 17.2 Å². The maximum absolute atomic E-state index is 11.5. The molecule has 0 aliphatic rings. The van der Waals surface area contributed by atoms with Gasteiger partial charge in [-0.3, -0.25) is 10.1 Å². The third-order valence-corrected chi connectivity index (χ3v) is 4.85. The van der Waals surface area contributed by atoms with Crippen LogP contribution < -0.4 is 9.47 Å². The van der Waals surface area contributed by atoms with Crippen molar-refractivity contribution in [2.75, 3.05) is 7.11 Å². The highest BCUT2D eigenvalue weighted by Gasteiger charge is 2.18. The number of oxime groups is 1. The Bertz CT molecular complexity index is 1190. The summed E-state index contributed by atoms with van der Waals surface area (Å²) in [5.41, 5.74) is 0.543. The summed E-state index contributed by atoms with van der Waals surface area (Å²) in [4.78, 5) is 26.4. The Morgan fingerprint density at radius 1 is 1.06 bits per heavy atom. The zero-order valence-electron chi connectivity index (χ0n) is 17.0. The molecule has 0 aliphatic heterocycles. The number of halogens is 2. The fraction of sp³-hybridized carbons (Fsp3) is 0.0909. The van der Waals surface area contributed by atoms with Gasteiger partial charge in [-0.15, -0.1) is 0 Å². The van der Waals surface area contributed by atoms with Crippen LogP contribution in [0.4, 0.5) is 5.69 Å². The molecule has 0 saturated carbocycles. The smallest absolute Gasteiger partial charge is 0.358 e. The second-order valence-electron chi connectivity index (χ2n) is 6.44. The summed E-state index contributed by atoms with van der Waals surface area (Å²) in [7, 11) is 1.26. The molecule has 0 saturated heterocycles. The summed E-state index contributed by atoms with van der Waals surface area (Å²) in [6.45, 7) is 0.00139. The van der Waals surface area contributed by atoms with Gasteiger partial charge < -0.3 is 19.4 Å². The number of carbonyl (C=O) groups is 1. The average molecular weight is 491 g/mol. The average Bonchev–Trinajstić information content (AvgIpc) is 2.79. The molecule has 0 fully saturated rings. The lowest BCUT2D eigenvalue weighted by Crippen LogP contribution is -2.17. The van der Waals surface area contributed by atoms with E-state index in [2.05, 4.69) is 9.99 Å². The van der Waals surface area contributed by atoms with E-state index in [1.54, 1.807) is 24.3 Å². The second kappa shape index (κ2) is 10.7. The van der Waals surface area contributed by atoms with Crippen LogP contribution in [-0.4, -0.2) is 28.8 Å². The number of rotatable bonds is 9. The van der Waals surface area contributed by atoms with Gasteiger partial charge in [0.05, 0.1) is 15.0 Å². The summed E-state index contributed by atoms with van der Waals surface area (Å²) in [6.07, 6.45) is 0. The maximum Gasteiger partial charge on any atom is 0.358 e. The van der Waals surface area contributed by atoms with Crippen LogP contribution in [0.2, 0.25) is 10.0 Å². The summed E-state index contributed by atoms with van der Waals surface area (Å²) in [5.74, 6) is -0.467. The van der Waals surface area contributed by atoms with Gasteiger partial charge in [-0.05, 0) is 17.7 Å². The number of carboxylic acid groups (broad SMARTS) is 1. The number of ether oxygens (including phenoxy) is 2. The normalized spacial score (nSPS) is 11.1. The molecule has 0 bridgehead atoms. The first-order valence-corrected chi connectivity index (χ1v) is 10.0. The van der Waals surface area contributed by atoms with Gasteiger partial charge in [-0.2, -0.15) is 0 Å². The minimum Gasteiger partial charge on any atom is -0.489 e. The number of benzene rings is 3. The van der Waals surface area contributed by atoms with Crippen LogP contribution in [0, 0.1) is 10.1 Å². The van der Waals surface area contributed by atoms with Crippen LogP contribution in [0.1, 0.15) is 11.1 Å². The van der Waals surface area contributed by atoms with Gasteiger partial charge in [0, 0.05) is 29.8 Å². The highest BCUT2D eigenvalue weighted by atomic mass is 35.5. The molecule has 33 heavy (non-hydrogen) atoms. The fourth-order valence-electron chi connectivity index (χ4n) is 2.80. The number of non-ortho nitro benzene ring substituents is 1. The van der Waals surface area contributed by atoms with E-state index in [4.69, 9.17) is 32.7 Å². The number of hydrogen-bond donors (Lipinski definition) is 1. The summed E-state index contributed by atoms with van der Waals surface area (Å²) in [6, 6.07) is 15.1. The van der Waals surface area contributed by atoms with Gasteiger partial charge in [-0.25, -0.2) is 4.79 Å². The Hall–Kier alpha value is -3.82. The first-order valence-electron chi connectivity index (χ1n) is 9.27. The van der Waals surface area contributed by atoms with Crippen molar-refractivity contribution in [2.24, 2.45) is 5.16 Å². The van der Waals surface area contributed by atoms with E-state index in [0.29, 0.717) is 22.6 Å². The molecule has 1 N–H and O–H groups in total. The number of aliphatic carboxylic acids is 1. The number of carboxylic acids is 1. The lowest BCUT2D eigenvalue weighted by molar-refractivity contribution is -0.384. The molecule has 0 unspecified atom stereocenters. The van der Waals surface area contributed by atoms with Crippen LogP contribution in [0.25, 0.3) is 0 Å². The Labute approximate surface area is 197 Å². The molecule has 0 aliphatic carbocycles. The summed E-state index contributed by atoms with van der Waals surface area (Å²) < 4.78 is 11.4. The van der Waals surface area contributed by atoms with Gasteiger partial charge in [0.25, 0.3) is 5.69 Å². The number of hydrogen-bond acceptors (Lipinski definition) is 7. The summed E-state index contributed by atoms with van der Waals surface area (Å²) >= 11 is 12.6. The largest absolute Gasteiger partial charge is 0.489 e. The molecule has 0 amide bonds. The number of nitro groups is 1. The van der Waals surface area contributed by atoms with Crippen molar-refractivity contribution >= 4 is 40.6 Å². The van der Waals surface area contributed by atoms with Crippen molar-refractivity contribution in [1.82, 2.24) is 0 Å². The lowest BCUT2D eigenvalue weighted by Gasteiger charge is -2.14. The van der Waals surface area contributed by atoms with Gasteiger partial charge in [0.2, 0.25) is 0 Å². The van der Waals surface area contributed by atoms with Crippen LogP contribution in [-0.2, 0) is 16.2 Å². The molecule has 11 heteroatoms. The predicted molar refractivity (Wildman–Crippen MR) is 122 cm³/mol. The standard InChI is InChI=1S/C22H16Cl2N2O7/c1-31-25-20(22(27)28)17-5-3-2-4-13(17)12-32-16-10-18(23)21(19(24)11-16)33-15-8-6-14(7-9-15)26(29)30/h2-11H,12H2,1H3,(H,27,28). The lowest BCUT2D eigenvalue weighted by atomic mass is 10.0. The van der Waals surface area contributed by atoms with Crippen molar-refractivity contribution in [2.45, 2.75) is 6.61 Å². The second-order valence-corrected chi connectivity index (χ2v) is 7.26. The van der Waals surface area contributed by atoms with E-state index in [1.807, 2.05) is 0 Å². The molecule has 0 aromatic heterocycles. The van der Waals surface area contributed by atoms with Crippen molar-refractivity contribution in [3.05, 3.63) is 92.0 Å². The molecule has 3 aromatic carbocycles. The van der Waals surface area contributed by atoms with E-state index < -0.39 is 10.9 Å². The quantitative estimate of drug-likeness (QED) is 0.231. The molecule has 0 atom stereocenters. The molecule has 0 heterocycles. The van der Waals surface area contributed by atoms with Crippen molar-refractivity contribution in [1.29, 1.82) is 0 Å². The SMILES string of the molecule is CON=C(C(=O)O)c1ccccc1COc1cc(Cl)c(Oc2ccc([N+](=O)[O-])cc2)c(Cl)c1. The van der Waals surface area contributed by atoms with Crippen LogP contribution in [0.15, 0.2) is 65.8 Å². The topological polar surface area (TPSA) is 120 Å². The van der Waals surface area contributed by atoms with Gasteiger partial charge >= 0.3 is 5.97 Å². The van der Waals surface area contributed by atoms with Crippen LogP contribution in [0.3, 0.4) is 0 Å². The molecule has 3 rings (SSSR count). The zero-order chi connectivity index (χ0) is 24.0. The van der Waals surface area contributed by atoms with Crippen molar-refractivity contribution in [3.63, 3.8) is 0 Å². The Morgan fingerprint density at radius 3 is 2.27 bits per heavy atom. The van der Waals surface area contributed by atoms with E-state index in [9.17, 15) is 20.0 Å². The van der Waals surface area contributed by atoms with Crippen molar-refractivity contribution in [3.8, 4) is 17.2 Å². The third-order valence-electron chi connectivity index (χ3n) is 4.29. The number of nitrogens with zero attached hydrogens (tertiary/aromatic N) is 2. The van der Waals surface area contributed by atoms with Gasteiger partial charge in [0.15, 0.2) is 11.5 Å². The molecule has 3 aromatic rings. The predicted octanol–water partition coefficient (Wildman–Crippen LogP) is 5.71. The minimum atomic E-state index is -1.25. The molecule has 0 spiro atoms. The van der Waals surface area contributed by atoms with Gasteiger partial charge in [0.1, 0.15) is 25.2 Å². The van der Waals surface area contributed by atoms with E-state index >= 15 is 0 Å².